The van der Waals surface area contributed by atoms with Gasteiger partial charge in [0.05, 0.1) is 21.2 Å². The Morgan fingerprint density at radius 3 is 0.986 bits per heavy atom. The van der Waals surface area contributed by atoms with Gasteiger partial charge in [-0.1, -0.05) is 161 Å². The summed E-state index contributed by atoms with van der Waals surface area (Å²) in [4.78, 5) is 1.04. The summed E-state index contributed by atoms with van der Waals surface area (Å²) < 4.78 is 97.7. The number of sulfonamides is 3. The van der Waals surface area contributed by atoms with E-state index in [1.54, 1.807) is 14.8 Å². The molecule has 9 nitrogen and oxygen atoms in total. The number of fused-ring (bicyclic) bond motifs is 4. The lowest BCUT2D eigenvalue weighted by Gasteiger charge is -2.27. The zero-order valence-corrected chi connectivity index (χ0v) is 47.3. The van der Waals surface area contributed by atoms with E-state index in [9.17, 15) is 0 Å². The van der Waals surface area contributed by atoms with Gasteiger partial charge < -0.3 is 0 Å². The predicted octanol–water partition coefficient (Wildman–Crippen LogP) is 13.3. The fourth-order valence-electron chi connectivity index (χ4n) is 11.0. The van der Waals surface area contributed by atoms with Gasteiger partial charge in [-0.2, -0.15) is 8.61 Å². The second-order valence-corrected chi connectivity index (χ2v) is 28.8. The van der Waals surface area contributed by atoms with Gasteiger partial charge in [-0.15, -0.1) is 0 Å². The normalized spacial score (nSPS) is 18.6. The van der Waals surface area contributed by atoms with Crippen LogP contribution in [-0.4, -0.2) is 70.9 Å². The number of rotatable bonds is 15. The Hall–Kier alpha value is -3.55. The van der Waals surface area contributed by atoms with Gasteiger partial charge in [-0.05, 0) is 126 Å². The lowest BCUT2D eigenvalue weighted by Crippen LogP contribution is -2.33. The Kier molecular flexibility index (Phi) is 14.8. The van der Waals surface area contributed by atoms with Gasteiger partial charge in [0.1, 0.15) is 0 Å². The second-order valence-electron chi connectivity index (χ2n) is 23.2. The lowest BCUT2D eigenvalue weighted by atomic mass is 9.79. The van der Waals surface area contributed by atoms with Crippen molar-refractivity contribution in [2.24, 2.45) is 5.92 Å². The summed E-state index contributed by atoms with van der Waals surface area (Å²) in [5.41, 5.74) is 12.0. The molecule has 1 atom stereocenters. The number of benzene rings is 3. The largest absolute Gasteiger partial charge is 0.268 e. The number of hydrogen-bond donors (Lipinski definition) is 0. The van der Waals surface area contributed by atoms with Crippen molar-refractivity contribution in [1.82, 2.24) is 12.9 Å². The van der Waals surface area contributed by atoms with E-state index in [1.807, 2.05) is 83.1 Å². The summed E-state index contributed by atoms with van der Waals surface area (Å²) in [5.74, 6) is -0.220. The highest BCUT2D eigenvalue weighted by Crippen LogP contribution is 2.52. The summed E-state index contributed by atoms with van der Waals surface area (Å²) in [5, 5.41) is 0. The van der Waals surface area contributed by atoms with Crippen molar-refractivity contribution in [2.45, 2.75) is 193 Å². The van der Waals surface area contributed by atoms with E-state index in [0.717, 1.165) is 72.4 Å². The molecule has 3 aromatic carbocycles. The molecule has 1 saturated heterocycles. The van der Waals surface area contributed by atoms with Crippen molar-refractivity contribution >= 4 is 30.1 Å². The quantitative estimate of drug-likeness (QED) is 0.150. The third-order valence-electron chi connectivity index (χ3n) is 15.3. The number of nitrogens with zero attached hydrogens (tertiary/aromatic N) is 3. The van der Waals surface area contributed by atoms with Crippen LogP contribution in [0.2, 0.25) is 0 Å². The van der Waals surface area contributed by atoms with E-state index in [4.69, 9.17) is 0 Å². The van der Waals surface area contributed by atoms with E-state index >= 15 is 25.3 Å². The zero-order chi connectivity index (χ0) is 51.3. The Morgan fingerprint density at radius 2 is 0.667 bits per heavy atom. The molecule has 0 N–H and O–H groups in total. The molecule has 4 aliphatic rings. The minimum atomic E-state index is -4.16. The molecule has 0 saturated carbocycles. The molecular formula is C57H81N3O6S3. The average Bonchev–Trinajstić information content (AvgIpc) is 4.03. The van der Waals surface area contributed by atoms with Gasteiger partial charge in [-0.25, -0.2) is 25.3 Å². The molecule has 0 aromatic heterocycles. The standard InChI is InChI=1S/C57H81N3O6S3/c1-31(2)40-19-43(34(7)8)55(44(20-40)35(9)10)67(61,62)58-25-49-50(26-58)52-28-60(69(65,66)57-47(38(15)16)23-42(33(5)6)24-48(57)39(17)18)30-54(52)53-29-59(27-51(49)53)68(63,64)56-45(36(11)12)21-41(32(3)4)22-46(56)37(13)14/h19-25,31-39,54H,26-30H2,1-18H3/t54-/m1/s1. The smallest absolute Gasteiger partial charge is 0.264 e. The maximum atomic E-state index is 15.5. The van der Waals surface area contributed by atoms with Gasteiger partial charge in [-0.3, -0.25) is 4.31 Å². The van der Waals surface area contributed by atoms with Crippen molar-refractivity contribution in [3.05, 3.63) is 121 Å². The molecule has 69 heavy (non-hydrogen) atoms. The van der Waals surface area contributed by atoms with Crippen LogP contribution >= 0.6 is 0 Å². The molecule has 0 spiro atoms. The Morgan fingerprint density at radius 1 is 0.377 bits per heavy atom. The Bertz CT molecular complexity index is 2900. The van der Waals surface area contributed by atoms with Crippen LogP contribution < -0.4 is 0 Å². The summed E-state index contributed by atoms with van der Waals surface area (Å²) in [6.07, 6.45) is 1.73. The van der Waals surface area contributed by atoms with Gasteiger partial charge in [0.15, 0.2) is 0 Å². The van der Waals surface area contributed by atoms with Crippen LogP contribution in [-0.2, 0) is 30.1 Å². The fraction of sp³-hybridized carbons (Fsp3) is 0.579. The molecule has 7 rings (SSSR count). The zero-order valence-electron chi connectivity index (χ0n) is 44.9. The average molecular weight is 1000 g/mol. The van der Waals surface area contributed by atoms with Crippen molar-refractivity contribution in [3.63, 3.8) is 0 Å². The maximum Gasteiger partial charge on any atom is 0.264 e. The molecular weight excluding hydrogens is 919 g/mol. The molecule has 0 bridgehead atoms. The highest BCUT2D eigenvalue weighted by atomic mass is 32.2. The highest BCUT2D eigenvalue weighted by molar-refractivity contribution is 7.90. The molecule has 3 heterocycles. The summed E-state index contributed by atoms with van der Waals surface area (Å²) >= 11 is 0. The van der Waals surface area contributed by atoms with Crippen molar-refractivity contribution in [3.8, 4) is 0 Å². The predicted molar refractivity (Wildman–Crippen MR) is 283 cm³/mol. The van der Waals surface area contributed by atoms with E-state index in [2.05, 4.69) is 77.9 Å². The molecule has 0 amide bonds. The van der Waals surface area contributed by atoms with Crippen LogP contribution in [0.1, 0.15) is 228 Å². The third-order valence-corrected chi connectivity index (χ3v) is 21.0. The molecule has 0 radical (unpaired) electrons. The Balaban J connectivity index is 1.42. The van der Waals surface area contributed by atoms with Gasteiger partial charge >= 0.3 is 0 Å². The fourth-order valence-corrected chi connectivity index (χ4v) is 17.1. The molecule has 378 valence electrons. The van der Waals surface area contributed by atoms with Gasteiger partial charge in [0.2, 0.25) is 20.0 Å². The molecule has 3 aliphatic heterocycles. The second kappa shape index (κ2) is 19.1. The SMILES string of the molecule is CC(C)c1cc(C(C)C)c(S(=O)(=O)N2C=C3C4=C(CN(S(=O)(=O)c5c(C(C)C)cc(C(C)C)cc5C(C)C)C4)[C@@H]4CN(S(=O)(=O)c5c(C(C)C)cc(C(C)C)cc5C(C)C)CC4=C3C2)c(C(C)C)c1. The summed E-state index contributed by atoms with van der Waals surface area (Å²) in [7, 11) is -12.4. The Labute approximate surface area is 417 Å². The van der Waals surface area contributed by atoms with Gasteiger partial charge in [0, 0.05) is 43.9 Å². The van der Waals surface area contributed by atoms with Gasteiger partial charge in [0.25, 0.3) is 10.0 Å². The minimum Gasteiger partial charge on any atom is -0.268 e. The topological polar surface area (TPSA) is 112 Å². The monoisotopic (exact) mass is 1000 g/mol. The summed E-state index contributed by atoms with van der Waals surface area (Å²) in [6, 6.07) is 12.4. The first kappa shape index (κ1) is 53.3. The van der Waals surface area contributed by atoms with Crippen LogP contribution in [0, 0.1) is 5.92 Å². The van der Waals surface area contributed by atoms with Crippen molar-refractivity contribution in [2.75, 3.05) is 32.7 Å². The first-order valence-electron chi connectivity index (χ1n) is 25.6. The van der Waals surface area contributed by atoms with Crippen LogP contribution in [0.4, 0.5) is 0 Å². The van der Waals surface area contributed by atoms with Crippen LogP contribution in [0.5, 0.6) is 0 Å². The van der Waals surface area contributed by atoms with Crippen LogP contribution in [0.3, 0.4) is 0 Å². The first-order chi connectivity index (χ1) is 31.9. The molecule has 0 unspecified atom stereocenters. The summed E-state index contributed by atoms with van der Waals surface area (Å²) in [6.45, 7) is 37.7. The molecule has 1 aliphatic carbocycles. The van der Waals surface area contributed by atoms with E-state index in [1.165, 1.54) is 4.31 Å². The van der Waals surface area contributed by atoms with Crippen LogP contribution in [0.15, 0.2) is 85.2 Å². The van der Waals surface area contributed by atoms with E-state index < -0.39 is 36.0 Å². The molecule has 12 heteroatoms. The third kappa shape index (κ3) is 9.29. The van der Waals surface area contributed by atoms with Crippen LogP contribution in [0.25, 0.3) is 0 Å². The highest BCUT2D eigenvalue weighted by Gasteiger charge is 2.50. The first-order valence-corrected chi connectivity index (χ1v) is 30.0. The lowest BCUT2D eigenvalue weighted by molar-refractivity contribution is 0.453. The van der Waals surface area contributed by atoms with Crippen molar-refractivity contribution < 1.29 is 25.3 Å². The van der Waals surface area contributed by atoms with E-state index in [0.29, 0.717) is 20.3 Å². The van der Waals surface area contributed by atoms with Crippen molar-refractivity contribution in [1.29, 1.82) is 0 Å². The van der Waals surface area contributed by atoms with E-state index in [-0.39, 0.29) is 86.0 Å². The molecule has 1 fully saturated rings. The molecule has 3 aromatic rings. The maximum absolute atomic E-state index is 15.5. The minimum absolute atomic E-state index is 0.0329. The number of hydrogen-bond acceptors (Lipinski definition) is 6.